The predicted octanol–water partition coefficient (Wildman–Crippen LogP) is 3.72. The first-order valence-corrected chi connectivity index (χ1v) is 10.4. The van der Waals surface area contributed by atoms with Crippen LogP contribution in [-0.2, 0) is 9.59 Å². The van der Waals surface area contributed by atoms with Gasteiger partial charge in [-0.3, -0.25) is 14.4 Å². The van der Waals surface area contributed by atoms with E-state index >= 15 is 0 Å². The second-order valence-corrected chi connectivity index (χ2v) is 8.01. The fraction of sp³-hybridized carbons (Fsp3) is 0.375. The highest BCUT2D eigenvalue weighted by molar-refractivity contribution is 6.23. The van der Waals surface area contributed by atoms with Crippen molar-refractivity contribution in [3.05, 3.63) is 59.7 Å². The Bertz CT molecular complexity index is 963. The molecule has 2 aromatic rings. The summed E-state index contributed by atoms with van der Waals surface area (Å²) < 4.78 is 5.16. The number of anilines is 1. The summed E-state index contributed by atoms with van der Waals surface area (Å²) in [5.41, 5.74) is 2.05. The average molecular weight is 406 g/mol. The van der Waals surface area contributed by atoms with E-state index in [2.05, 4.69) is 0 Å². The SMILES string of the molecule is COc1ccc(N2C(=O)CC(N(C(=O)c3cccc(C)c3)C3CCCC3)C2=O)cc1. The molecule has 0 radical (unpaired) electrons. The van der Waals surface area contributed by atoms with Gasteiger partial charge < -0.3 is 9.64 Å². The second-order valence-electron chi connectivity index (χ2n) is 8.01. The van der Waals surface area contributed by atoms with Gasteiger partial charge in [0, 0.05) is 11.6 Å². The number of imide groups is 1. The van der Waals surface area contributed by atoms with Crippen molar-refractivity contribution in [2.24, 2.45) is 0 Å². The largest absolute Gasteiger partial charge is 0.497 e. The van der Waals surface area contributed by atoms with Crippen LogP contribution in [0.4, 0.5) is 5.69 Å². The highest BCUT2D eigenvalue weighted by Crippen LogP contribution is 2.33. The molecule has 0 spiro atoms. The molecule has 156 valence electrons. The Kier molecular flexibility index (Phi) is 5.57. The maximum absolute atomic E-state index is 13.5. The molecule has 3 amide bonds. The summed E-state index contributed by atoms with van der Waals surface area (Å²) in [5, 5.41) is 0. The first kappa shape index (κ1) is 20.1. The van der Waals surface area contributed by atoms with E-state index in [-0.39, 0.29) is 30.2 Å². The van der Waals surface area contributed by atoms with E-state index in [0.717, 1.165) is 31.2 Å². The zero-order valence-corrected chi connectivity index (χ0v) is 17.3. The summed E-state index contributed by atoms with van der Waals surface area (Å²) in [6.07, 6.45) is 3.79. The molecule has 2 aliphatic rings. The van der Waals surface area contributed by atoms with E-state index < -0.39 is 6.04 Å². The van der Waals surface area contributed by atoms with Gasteiger partial charge in [0.1, 0.15) is 11.8 Å². The summed E-state index contributed by atoms with van der Waals surface area (Å²) in [6, 6.07) is 13.4. The van der Waals surface area contributed by atoms with Crippen molar-refractivity contribution in [2.75, 3.05) is 12.0 Å². The first-order chi connectivity index (χ1) is 14.5. The van der Waals surface area contributed by atoms with Crippen LogP contribution in [0.25, 0.3) is 0 Å². The zero-order chi connectivity index (χ0) is 21.3. The summed E-state index contributed by atoms with van der Waals surface area (Å²) in [6.45, 7) is 1.94. The Labute approximate surface area is 176 Å². The van der Waals surface area contributed by atoms with E-state index in [1.54, 1.807) is 42.3 Å². The van der Waals surface area contributed by atoms with Gasteiger partial charge in [0.2, 0.25) is 5.91 Å². The molecule has 1 atom stereocenters. The van der Waals surface area contributed by atoms with E-state index in [1.165, 1.54) is 4.90 Å². The standard InChI is InChI=1S/C24H26N2O4/c1-16-6-5-7-17(14-16)23(28)25(18-8-3-4-9-18)21-15-22(27)26(24(21)29)19-10-12-20(30-2)13-11-19/h5-7,10-14,18,21H,3-4,8-9,15H2,1-2H3. The van der Waals surface area contributed by atoms with Crippen molar-refractivity contribution < 1.29 is 19.1 Å². The molecule has 30 heavy (non-hydrogen) atoms. The third kappa shape index (κ3) is 3.70. The van der Waals surface area contributed by atoms with Crippen molar-refractivity contribution in [3.63, 3.8) is 0 Å². The minimum atomic E-state index is -0.768. The van der Waals surface area contributed by atoms with Crippen LogP contribution in [-0.4, -0.2) is 41.8 Å². The van der Waals surface area contributed by atoms with Gasteiger partial charge >= 0.3 is 0 Å². The fourth-order valence-corrected chi connectivity index (χ4v) is 4.51. The Morgan fingerprint density at radius 3 is 2.40 bits per heavy atom. The molecule has 6 heteroatoms. The van der Waals surface area contributed by atoms with Crippen LogP contribution in [0.3, 0.4) is 0 Å². The highest BCUT2D eigenvalue weighted by Gasteiger charge is 2.47. The number of amides is 3. The molecule has 1 unspecified atom stereocenters. The molecule has 1 saturated carbocycles. The number of hydrogen-bond donors (Lipinski definition) is 0. The molecule has 0 bridgehead atoms. The topological polar surface area (TPSA) is 66.9 Å². The predicted molar refractivity (Wildman–Crippen MR) is 113 cm³/mol. The first-order valence-electron chi connectivity index (χ1n) is 10.4. The van der Waals surface area contributed by atoms with Gasteiger partial charge in [0.15, 0.2) is 0 Å². The summed E-state index contributed by atoms with van der Waals surface area (Å²) >= 11 is 0. The van der Waals surface area contributed by atoms with Crippen molar-refractivity contribution in [1.29, 1.82) is 0 Å². The summed E-state index contributed by atoms with van der Waals surface area (Å²) in [7, 11) is 1.56. The van der Waals surface area contributed by atoms with Crippen LogP contribution in [0.1, 0.15) is 48.0 Å². The van der Waals surface area contributed by atoms with Crippen LogP contribution >= 0.6 is 0 Å². The van der Waals surface area contributed by atoms with Crippen LogP contribution < -0.4 is 9.64 Å². The second kappa shape index (κ2) is 8.30. The lowest BCUT2D eigenvalue weighted by atomic mass is 10.0. The van der Waals surface area contributed by atoms with Gasteiger partial charge in [-0.25, -0.2) is 4.90 Å². The summed E-state index contributed by atoms with van der Waals surface area (Å²) in [4.78, 5) is 42.5. The van der Waals surface area contributed by atoms with Gasteiger partial charge in [-0.1, -0.05) is 30.5 Å². The lowest BCUT2D eigenvalue weighted by molar-refractivity contribution is -0.123. The molecule has 1 aliphatic carbocycles. The lowest BCUT2D eigenvalue weighted by Gasteiger charge is -2.33. The van der Waals surface area contributed by atoms with Gasteiger partial charge in [0.25, 0.3) is 11.8 Å². The van der Waals surface area contributed by atoms with Crippen LogP contribution in [0.2, 0.25) is 0 Å². The van der Waals surface area contributed by atoms with Gasteiger partial charge in [-0.15, -0.1) is 0 Å². The molecule has 2 aromatic carbocycles. The molecule has 4 rings (SSSR count). The summed E-state index contributed by atoms with van der Waals surface area (Å²) in [5.74, 6) is -0.141. The smallest absolute Gasteiger partial charge is 0.257 e. The number of hydrogen-bond acceptors (Lipinski definition) is 4. The van der Waals surface area contributed by atoms with E-state index in [0.29, 0.717) is 17.0 Å². The molecule has 1 saturated heterocycles. The lowest BCUT2D eigenvalue weighted by Crippen LogP contribution is -2.50. The molecular formula is C24H26N2O4. The number of ether oxygens (including phenoxy) is 1. The molecule has 0 N–H and O–H groups in total. The Hall–Kier alpha value is -3.15. The van der Waals surface area contributed by atoms with Gasteiger partial charge in [-0.05, 0) is 56.2 Å². The molecule has 2 fully saturated rings. The highest BCUT2D eigenvalue weighted by atomic mass is 16.5. The van der Waals surface area contributed by atoms with Gasteiger partial charge in [0.05, 0.1) is 19.2 Å². The Morgan fingerprint density at radius 2 is 1.77 bits per heavy atom. The molecule has 1 aliphatic heterocycles. The number of benzene rings is 2. The van der Waals surface area contributed by atoms with Crippen LogP contribution in [0, 0.1) is 6.92 Å². The molecular weight excluding hydrogens is 380 g/mol. The van der Waals surface area contributed by atoms with Crippen molar-refractivity contribution in [3.8, 4) is 5.75 Å². The van der Waals surface area contributed by atoms with Crippen molar-refractivity contribution in [1.82, 2.24) is 4.90 Å². The fourth-order valence-electron chi connectivity index (χ4n) is 4.51. The normalized spacial score (nSPS) is 19.4. The van der Waals surface area contributed by atoms with E-state index in [1.807, 2.05) is 25.1 Å². The Morgan fingerprint density at radius 1 is 1.07 bits per heavy atom. The molecule has 1 heterocycles. The van der Waals surface area contributed by atoms with Crippen molar-refractivity contribution >= 4 is 23.4 Å². The van der Waals surface area contributed by atoms with Gasteiger partial charge in [-0.2, -0.15) is 0 Å². The van der Waals surface area contributed by atoms with Crippen LogP contribution in [0.5, 0.6) is 5.75 Å². The quantitative estimate of drug-likeness (QED) is 0.710. The number of methoxy groups -OCH3 is 1. The number of aryl methyl sites for hydroxylation is 1. The number of nitrogens with zero attached hydrogens (tertiary/aromatic N) is 2. The van der Waals surface area contributed by atoms with Crippen molar-refractivity contribution in [2.45, 2.75) is 51.1 Å². The average Bonchev–Trinajstić information content (AvgIpc) is 3.37. The number of carbonyl (C=O) groups excluding carboxylic acids is 3. The third-order valence-corrected chi connectivity index (χ3v) is 6.01. The number of rotatable bonds is 5. The third-order valence-electron chi connectivity index (χ3n) is 6.01. The van der Waals surface area contributed by atoms with E-state index in [9.17, 15) is 14.4 Å². The minimum absolute atomic E-state index is 0.0128. The van der Waals surface area contributed by atoms with E-state index in [4.69, 9.17) is 4.74 Å². The monoisotopic (exact) mass is 406 g/mol. The number of carbonyl (C=O) groups is 3. The maximum atomic E-state index is 13.5. The zero-order valence-electron chi connectivity index (χ0n) is 17.3. The minimum Gasteiger partial charge on any atom is -0.497 e. The maximum Gasteiger partial charge on any atom is 0.257 e. The molecule has 0 aromatic heterocycles. The molecule has 6 nitrogen and oxygen atoms in total. The van der Waals surface area contributed by atoms with Crippen LogP contribution in [0.15, 0.2) is 48.5 Å². The Balaban J connectivity index is 1.66.